The third-order valence-electron chi connectivity index (χ3n) is 4.44. The standard InChI is InChI=1S/C21H32N2O5S/c1-6-22(15-17(4)5)20(24)16-28-21(25)14-11-18-9-12-19(13-10-18)29(26,27)23(7-2)8-3/h9-10,12-13H,4,6-8,11,14-16H2,1-3,5H3. The van der Waals surface area contributed by atoms with Gasteiger partial charge < -0.3 is 9.64 Å². The molecule has 0 saturated carbocycles. The van der Waals surface area contributed by atoms with Crippen molar-refractivity contribution < 1.29 is 22.7 Å². The number of esters is 1. The van der Waals surface area contributed by atoms with E-state index in [-0.39, 0.29) is 23.8 Å². The molecule has 1 amide bonds. The summed E-state index contributed by atoms with van der Waals surface area (Å²) >= 11 is 0. The van der Waals surface area contributed by atoms with E-state index in [1.807, 2.05) is 13.8 Å². The number of aryl methyl sites for hydroxylation is 1. The molecule has 0 N–H and O–H groups in total. The number of nitrogens with zero attached hydrogens (tertiary/aromatic N) is 2. The highest BCUT2D eigenvalue weighted by Crippen LogP contribution is 2.17. The van der Waals surface area contributed by atoms with Crippen LogP contribution in [-0.4, -0.2) is 62.3 Å². The zero-order valence-corrected chi connectivity index (χ0v) is 18.6. The summed E-state index contributed by atoms with van der Waals surface area (Å²) in [5.41, 5.74) is 1.68. The highest BCUT2D eigenvalue weighted by atomic mass is 32.2. The van der Waals surface area contributed by atoms with Gasteiger partial charge in [-0.1, -0.05) is 38.1 Å². The lowest BCUT2D eigenvalue weighted by molar-refractivity contribution is -0.151. The Hall–Kier alpha value is -2.19. The van der Waals surface area contributed by atoms with Gasteiger partial charge >= 0.3 is 5.97 Å². The van der Waals surface area contributed by atoms with Crippen molar-refractivity contribution in [1.82, 2.24) is 9.21 Å². The van der Waals surface area contributed by atoms with Crippen LogP contribution in [0.3, 0.4) is 0 Å². The van der Waals surface area contributed by atoms with Crippen molar-refractivity contribution in [3.63, 3.8) is 0 Å². The minimum Gasteiger partial charge on any atom is -0.456 e. The number of benzene rings is 1. The van der Waals surface area contributed by atoms with Gasteiger partial charge in [-0.15, -0.1) is 0 Å². The van der Waals surface area contributed by atoms with Gasteiger partial charge in [-0.05, 0) is 38.0 Å². The van der Waals surface area contributed by atoms with Crippen LogP contribution in [0, 0.1) is 0 Å². The predicted octanol–water partition coefficient (Wildman–Crippen LogP) is 2.62. The van der Waals surface area contributed by atoms with Crippen LogP contribution in [0.1, 0.15) is 39.7 Å². The first kappa shape index (κ1) is 24.8. The van der Waals surface area contributed by atoms with Gasteiger partial charge in [-0.3, -0.25) is 9.59 Å². The van der Waals surface area contributed by atoms with Gasteiger partial charge in [0.25, 0.3) is 5.91 Å². The topological polar surface area (TPSA) is 84.0 Å². The molecule has 0 spiro atoms. The summed E-state index contributed by atoms with van der Waals surface area (Å²) < 4.78 is 31.4. The van der Waals surface area contributed by atoms with Gasteiger partial charge in [0.05, 0.1) is 4.90 Å². The molecule has 7 nitrogen and oxygen atoms in total. The fourth-order valence-corrected chi connectivity index (χ4v) is 4.25. The maximum atomic E-state index is 12.5. The smallest absolute Gasteiger partial charge is 0.306 e. The Morgan fingerprint density at radius 2 is 1.62 bits per heavy atom. The molecule has 0 atom stereocenters. The van der Waals surface area contributed by atoms with Crippen LogP contribution in [0.25, 0.3) is 0 Å². The van der Waals surface area contributed by atoms with Crippen molar-refractivity contribution in [1.29, 1.82) is 0 Å². The lowest BCUT2D eigenvalue weighted by atomic mass is 10.1. The molecule has 8 heteroatoms. The van der Waals surface area contributed by atoms with Crippen molar-refractivity contribution in [2.45, 2.75) is 45.4 Å². The molecule has 1 rings (SSSR count). The van der Waals surface area contributed by atoms with Gasteiger partial charge in [0.2, 0.25) is 10.0 Å². The lowest BCUT2D eigenvalue weighted by Crippen LogP contribution is -2.35. The molecule has 0 unspecified atom stereocenters. The third kappa shape index (κ3) is 7.62. The SMILES string of the molecule is C=C(C)CN(CC)C(=O)COC(=O)CCc1ccc(S(=O)(=O)N(CC)CC)cc1. The Kier molecular flexibility index (Phi) is 10.0. The first-order chi connectivity index (χ1) is 13.6. The van der Waals surface area contributed by atoms with E-state index in [0.717, 1.165) is 11.1 Å². The predicted molar refractivity (Wildman–Crippen MR) is 113 cm³/mol. The molecule has 0 aromatic heterocycles. The number of ether oxygens (including phenoxy) is 1. The summed E-state index contributed by atoms with van der Waals surface area (Å²) in [5, 5.41) is 0. The van der Waals surface area contributed by atoms with Crippen molar-refractivity contribution in [2.24, 2.45) is 0 Å². The first-order valence-corrected chi connectivity index (χ1v) is 11.3. The second kappa shape index (κ2) is 11.7. The lowest BCUT2D eigenvalue weighted by Gasteiger charge is -2.20. The molecule has 0 aliphatic heterocycles. The van der Waals surface area contributed by atoms with E-state index >= 15 is 0 Å². The average molecular weight is 425 g/mol. The van der Waals surface area contributed by atoms with Crippen LogP contribution in [-0.2, 0) is 30.8 Å². The summed E-state index contributed by atoms with van der Waals surface area (Å²) in [6.07, 6.45) is 0.518. The number of amides is 1. The number of rotatable bonds is 12. The highest BCUT2D eigenvalue weighted by Gasteiger charge is 2.21. The summed E-state index contributed by atoms with van der Waals surface area (Å²) in [7, 11) is -3.49. The summed E-state index contributed by atoms with van der Waals surface area (Å²) in [4.78, 5) is 25.8. The fourth-order valence-electron chi connectivity index (χ4n) is 2.79. The highest BCUT2D eigenvalue weighted by molar-refractivity contribution is 7.89. The number of sulfonamides is 1. The molecule has 0 saturated heterocycles. The zero-order chi connectivity index (χ0) is 22.0. The Morgan fingerprint density at radius 3 is 2.10 bits per heavy atom. The summed E-state index contributed by atoms with van der Waals surface area (Å²) in [6.45, 7) is 12.5. The molecule has 162 valence electrons. The van der Waals surface area contributed by atoms with Gasteiger partial charge in [0.15, 0.2) is 6.61 Å². The Labute approximate surface area is 174 Å². The second-order valence-corrected chi connectivity index (χ2v) is 8.70. The number of likely N-dealkylation sites (N-methyl/N-ethyl adjacent to an activating group) is 1. The molecular formula is C21H32N2O5S. The van der Waals surface area contributed by atoms with Gasteiger partial charge in [0.1, 0.15) is 0 Å². The molecule has 0 radical (unpaired) electrons. The minimum absolute atomic E-state index is 0.113. The second-order valence-electron chi connectivity index (χ2n) is 6.76. The number of carbonyl (C=O) groups is 2. The molecule has 29 heavy (non-hydrogen) atoms. The largest absolute Gasteiger partial charge is 0.456 e. The van der Waals surface area contributed by atoms with Gasteiger partial charge in [-0.25, -0.2) is 8.42 Å². The van der Waals surface area contributed by atoms with E-state index in [9.17, 15) is 18.0 Å². The molecular weight excluding hydrogens is 392 g/mol. The van der Waals surface area contributed by atoms with Gasteiger partial charge in [0, 0.05) is 32.6 Å². The molecule has 0 fully saturated rings. The van der Waals surface area contributed by atoms with Gasteiger partial charge in [-0.2, -0.15) is 4.31 Å². The van der Waals surface area contributed by atoms with E-state index in [1.54, 1.807) is 43.0 Å². The molecule has 1 aromatic rings. The van der Waals surface area contributed by atoms with E-state index in [1.165, 1.54) is 4.31 Å². The van der Waals surface area contributed by atoms with E-state index < -0.39 is 16.0 Å². The number of hydrogen-bond donors (Lipinski definition) is 0. The van der Waals surface area contributed by atoms with Crippen LogP contribution in [0.5, 0.6) is 0 Å². The average Bonchev–Trinajstić information content (AvgIpc) is 2.69. The quantitative estimate of drug-likeness (QED) is 0.380. The molecule has 0 aliphatic rings. The first-order valence-electron chi connectivity index (χ1n) is 9.82. The van der Waals surface area contributed by atoms with Crippen LogP contribution < -0.4 is 0 Å². The third-order valence-corrected chi connectivity index (χ3v) is 6.50. The van der Waals surface area contributed by atoms with E-state index in [0.29, 0.717) is 32.6 Å². The monoisotopic (exact) mass is 424 g/mol. The molecule has 1 aromatic carbocycles. The van der Waals surface area contributed by atoms with E-state index in [4.69, 9.17) is 4.74 Å². The zero-order valence-electron chi connectivity index (χ0n) is 17.8. The minimum atomic E-state index is -3.49. The van der Waals surface area contributed by atoms with Crippen LogP contribution in [0.4, 0.5) is 0 Å². The van der Waals surface area contributed by atoms with E-state index in [2.05, 4.69) is 6.58 Å². The fraction of sp³-hybridized carbons (Fsp3) is 0.524. The van der Waals surface area contributed by atoms with Crippen molar-refractivity contribution in [3.8, 4) is 0 Å². The van der Waals surface area contributed by atoms with Crippen LogP contribution >= 0.6 is 0 Å². The molecule has 0 bridgehead atoms. The van der Waals surface area contributed by atoms with Crippen molar-refractivity contribution in [2.75, 3.05) is 32.8 Å². The maximum Gasteiger partial charge on any atom is 0.306 e. The van der Waals surface area contributed by atoms with Crippen LogP contribution in [0.15, 0.2) is 41.3 Å². The number of hydrogen-bond acceptors (Lipinski definition) is 5. The molecule has 0 aliphatic carbocycles. The number of carbonyl (C=O) groups excluding carboxylic acids is 2. The molecule has 0 heterocycles. The maximum absolute atomic E-state index is 12.5. The van der Waals surface area contributed by atoms with Crippen LogP contribution in [0.2, 0.25) is 0 Å². The Balaban J connectivity index is 2.56. The van der Waals surface area contributed by atoms with Crippen molar-refractivity contribution >= 4 is 21.9 Å². The van der Waals surface area contributed by atoms with Crippen molar-refractivity contribution in [3.05, 3.63) is 42.0 Å². The Bertz CT molecular complexity index is 799. The summed E-state index contributed by atoms with van der Waals surface area (Å²) in [5.74, 6) is -0.723. The normalized spacial score (nSPS) is 11.3. The Morgan fingerprint density at radius 1 is 1.03 bits per heavy atom. The summed E-state index contributed by atoms with van der Waals surface area (Å²) in [6, 6.07) is 6.49.